The van der Waals surface area contributed by atoms with Crippen molar-refractivity contribution < 1.29 is 0 Å². The number of anilines is 2. The molecule has 0 amide bonds. The number of H-pyrrole nitrogens is 1. The summed E-state index contributed by atoms with van der Waals surface area (Å²) in [5.74, 6) is 0.945. The predicted octanol–water partition coefficient (Wildman–Crippen LogP) is -0.599. The predicted molar refractivity (Wildman–Crippen MR) is 52.5 cm³/mol. The van der Waals surface area contributed by atoms with Crippen molar-refractivity contribution in [1.82, 2.24) is 10.2 Å². The number of nitrogen functional groups attached to an aromatic ring is 1. The summed E-state index contributed by atoms with van der Waals surface area (Å²) in [6.45, 7) is 1.57. The van der Waals surface area contributed by atoms with E-state index < -0.39 is 0 Å². The molecule has 0 radical (unpaired) electrons. The molecule has 74 valence electrons. The van der Waals surface area contributed by atoms with E-state index in [1.807, 2.05) is 11.0 Å². The smallest absolute Gasteiger partial charge is 0.170 e. The third kappa shape index (κ3) is 1.28. The first-order valence-electron chi connectivity index (χ1n) is 4.47. The summed E-state index contributed by atoms with van der Waals surface area (Å²) < 4.78 is 0. The van der Waals surface area contributed by atoms with E-state index in [2.05, 4.69) is 10.2 Å². The summed E-state index contributed by atoms with van der Waals surface area (Å²) in [6, 6.07) is 2.20. The standard InChI is InChI=1S/C8H12N6/c9-3-6-7(11)12-13-8(6)14-2-1-5(10)4-14/h5H,1-2,4,10H2,(H3,11,12,13). The molecule has 1 aliphatic heterocycles. The van der Waals surface area contributed by atoms with Crippen LogP contribution in [0, 0.1) is 11.3 Å². The molecule has 14 heavy (non-hydrogen) atoms. The van der Waals surface area contributed by atoms with Crippen molar-refractivity contribution >= 4 is 11.6 Å². The zero-order valence-electron chi connectivity index (χ0n) is 7.70. The van der Waals surface area contributed by atoms with E-state index in [1.165, 1.54) is 0 Å². The van der Waals surface area contributed by atoms with Gasteiger partial charge in [0.25, 0.3) is 0 Å². The van der Waals surface area contributed by atoms with Gasteiger partial charge in [-0.05, 0) is 6.42 Å². The van der Waals surface area contributed by atoms with Crippen LogP contribution in [0.2, 0.25) is 0 Å². The second-order valence-electron chi connectivity index (χ2n) is 3.44. The molecule has 1 fully saturated rings. The van der Waals surface area contributed by atoms with Crippen LogP contribution in [0.25, 0.3) is 0 Å². The van der Waals surface area contributed by atoms with Gasteiger partial charge < -0.3 is 16.4 Å². The van der Waals surface area contributed by atoms with Gasteiger partial charge in [-0.3, -0.25) is 5.10 Å². The average Bonchev–Trinajstić information content (AvgIpc) is 2.71. The van der Waals surface area contributed by atoms with Gasteiger partial charge in [0.2, 0.25) is 0 Å². The summed E-state index contributed by atoms with van der Waals surface area (Å²) in [5, 5.41) is 15.5. The highest BCUT2D eigenvalue weighted by atomic mass is 15.3. The SMILES string of the molecule is N#Cc1c(N2CCC(N)C2)n[nH]c1N. The maximum absolute atomic E-state index is 8.87. The van der Waals surface area contributed by atoms with E-state index in [1.54, 1.807) is 0 Å². The Hall–Kier alpha value is -1.74. The Morgan fingerprint density at radius 1 is 1.64 bits per heavy atom. The van der Waals surface area contributed by atoms with E-state index in [0.29, 0.717) is 17.2 Å². The minimum absolute atomic E-state index is 0.166. The lowest BCUT2D eigenvalue weighted by atomic mass is 10.3. The third-order valence-electron chi connectivity index (χ3n) is 2.41. The number of hydrogen-bond donors (Lipinski definition) is 3. The first kappa shape index (κ1) is 8.84. The van der Waals surface area contributed by atoms with Crippen LogP contribution in [-0.2, 0) is 0 Å². The number of aromatic nitrogens is 2. The lowest BCUT2D eigenvalue weighted by Crippen LogP contribution is -2.26. The maximum atomic E-state index is 8.87. The Morgan fingerprint density at radius 3 is 3.00 bits per heavy atom. The zero-order valence-corrected chi connectivity index (χ0v) is 7.70. The van der Waals surface area contributed by atoms with Gasteiger partial charge in [-0.25, -0.2) is 0 Å². The van der Waals surface area contributed by atoms with Gasteiger partial charge in [0.1, 0.15) is 17.5 Å². The van der Waals surface area contributed by atoms with E-state index in [9.17, 15) is 0 Å². The molecule has 6 nitrogen and oxygen atoms in total. The van der Waals surface area contributed by atoms with Crippen molar-refractivity contribution in [1.29, 1.82) is 5.26 Å². The fourth-order valence-electron chi connectivity index (χ4n) is 1.66. The number of nitriles is 1. The van der Waals surface area contributed by atoms with E-state index in [0.717, 1.165) is 19.5 Å². The summed E-state index contributed by atoms with van der Waals surface area (Å²) in [5.41, 5.74) is 11.7. The van der Waals surface area contributed by atoms with Crippen LogP contribution < -0.4 is 16.4 Å². The molecule has 0 aromatic carbocycles. The minimum Gasteiger partial charge on any atom is -0.383 e. The summed E-state index contributed by atoms with van der Waals surface area (Å²) >= 11 is 0. The fourth-order valence-corrected chi connectivity index (χ4v) is 1.66. The third-order valence-corrected chi connectivity index (χ3v) is 2.41. The second kappa shape index (κ2) is 3.20. The van der Waals surface area contributed by atoms with E-state index >= 15 is 0 Å². The molecular weight excluding hydrogens is 180 g/mol. The highest BCUT2D eigenvalue weighted by Crippen LogP contribution is 2.24. The minimum atomic E-state index is 0.166. The Bertz CT molecular complexity index is 376. The van der Waals surface area contributed by atoms with Gasteiger partial charge in [-0.15, -0.1) is 0 Å². The molecule has 0 aliphatic carbocycles. The lowest BCUT2D eigenvalue weighted by Gasteiger charge is -2.14. The maximum Gasteiger partial charge on any atom is 0.170 e. The average molecular weight is 192 g/mol. The van der Waals surface area contributed by atoms with Crippen LogP contribution in [0.5, 0.6) is 0 Å². The van der Waals surface area contributed by atoms with Crippen molar-refractivity contribution in [3.63, 3.8) is 0 Å². The fraction of sp³-hybridized carbons (Fsp3) is 0.500. The molecule has 6 heteroatoms. The lowest BCUT2D eigenvalue weighted by molar-refractivity contribution is 0.751. The highest BCUT2D eigenvalue weighted by molar-refractivity contribution is 5.64. The molecule has 2 heterocycles. The Labute approximate surface area is 81.5 Å². The summed E-state index contributed by atoms with van der Waals surface area (Å²) in [6.07, 6.45) is 0.928. The largest absolute Gasteiger partial charge is 0.383 e. The Balaban J connectivity index is 2.29. The van der Waals surface area contributed by atoms with Crippen molar-refractivity contribution in [3.05, 3.63) is 5.56 Å². The normalized spacial score (nSPS) is 21.1. The number of nitrogens with zero attached hydrogens (tertiary/aromatic N) is 3. The molecule has 5 N–H and O–H groups in total. The van der Waals surface area contributed by atoms with Gasteiger partial charge in [0.15, 0.2) is 5.82 Å². The van der Waals surface area contributed by atoms with Crippen LogP contribution in [0.15, 0.2) is 0 Å². The number of hydrogen-bond acceptors (Lipinski definition) is 5. The van der Waals surface area contributed by atoms with Crippen LogP contribution in [-0.4, -0.2) is 29.3 Å². The molecule has 1 unspecified atom stereocenters. The quantitative estimate of drug-likeness (QED) is 0.550. The molecule has 1 aromatic heterocycles. The molecule has 0 spiro atoms. The van der Waals surface area contributed by atoms with Gasteiger partial charge >= 0.3 is 0 Å². The molecule has 2 rings (SSSR count). The van der Waals surface area contributed by atoms with Crippen molar-refractivity contribution in [2.45, 2.75) is 12.5 Å². The molecule has 1 aromatic rings. The second-order valence-corrected chi connectivity index (χ2v) is 3.44. The van der Waals surface area contributed by atoms with Crippen LogP contribution in [0.1, 0.15) is 12.0 Å². The zero-order chi connectivity index (χ0) is 10.1. The number of aromatic amines is 1. The molecular formula is C8H12N6. The van der Waals surface area contributed by atoms with Gasteiger partial charge in [0.05, 0.1) is 0 Å². The molecule has 1 aliphatic rings. The Kier molecular flexibility index (Phi) is 2.02. The van der Waals surface area contributed by atoms with E-state index in [4.69, 9.17) is 16.7 Å². The number of nitrogens with one attached hydrogen (secondary N) is 1. The molecule has 1 saturated heterocycles. The topological polar surface area (TPSA) is 108 Å². The molecule has 1 atom stereocenters. The first-order valence-corrected chi connectivity index (χ1v) is 4.47. The van der Waals surface area contributed by atoms with Gasteiger partial charge in [0, 0.05) is 19.1 Å². The van der Waals surface area contributed by atoms with Crippen LogP contribution in [0.3, 0.4) is 0 Å². The van der Waals surface area contributed by atoms with Crippen LogP contribution in [0.4, 0.5) is 11.6 Å². The van der Waals surface area contributed by atoms with Crippen molar-refractivity contribution in [2.75, 3.05) is 23.7 Å². The van der Waals surface area contributed by atoms with Crippen molar-refractivity contribution in [2.24, 2.45) is 5.73 Å². The van der Waals surface area contributed by atoms with E-state index in [-0.39, 0.29) is 6.04 Å². The first-order chi connectivity index (χ1) is 6.72. The van der Waals surface area contributed by atoms with Crippen molar-refractivity contribution in [3.8, 4) is 6.07 Å². The van der Waals surface area contributed by atoms with Gasteiger partial charge in [-0.2, -0.15) is 10.4 Å². The summed E-state index contributed by atoms with van der Waals surface area (Å²) in [7, 11) is 0. The summed E-state index contributed by atoms with van der Waals surface area (Å²) in [4.78, 5) is 1.98. The van der Waals surface area contributed by atoms with Crippen LogP contribution >= 0.6 is 0 Å². The van der Waals surface area contributed by atoms with Gasteiger partial charge in [-0.1, -0.05) is 0 Å². The molecule has 0 saturated carbocycles. The molecule has 0 bridgehead atoms. The monoisotopic (exact) mass is 192 g/mol. The number of rotatable bonds is 1. The number of nitrogens with two attached hydrogens (primary N) is 2. The Morgan fingerprint density at radius 2 is 2.43 bits per heavy atom. The highest BCUT2D eigenvalue weighted by Gasteiger charge is 2.24.